The molecule has 0 spiro atoms. The summed E-state index contributed by atoms with van der Waals surface area (Å²) in [4.78, 5) is 23.3. The van der Waals surface area contributed by atoms with E-state index in [0.29, 0.717) is 11.4 Å². The molecular formula is C18H16F3NO5. The van der Waals surface area contributed by atoms with Gasteiger partial charge in [-0.3, -0.25) is 4.79 Å². The summed E-state index contributed by atoms with van der Waals surface area (Å²) in [6.07, 6.45) is -4.52. The second-order valence-electron chi connectivity index (χ2n) is 5.26. The van der Waals surface area contributed by atoms with Crippen molar-refractivity contribution in [2.75, 3.05) is 25.6 Å². The first-order valence-electron chi connectivity index (χ1n) is 7.67. The highest BCUT2D eigenvalue weighted by Crippen LogP contribution is 2.31. The van der Waals surface area contributed by atoms with Crippen molar-refractivity contribution >= 4 is 17.6 Å². The summed E-state index contributed by atoms with van der Waals surface area (Å²) < 4.78 is 52.5. The van der Waals surface area contributed by atoms with Crippen molar-refractivity contribution in [2.45, 2.75) is 6.18 Å². The van der Waals surface area contributed by atoms with Gasteiger partial charge in [0.1, 0.15) is 11.5 Å². The summed E-state index contributed by atoms with van der Waals surface area (Å²) in [6, 6.07) is 10.7. The number of ether oxygens (including phenoxy) is 3. The van der Waals surface area contributed by atoms with Crippen LogP contribution in [0.2, 0.25) is 0 Å². The smallest absolute Gasteiger partial charge is 0.416 e. The van der Waals surface area contributed by atoms with Gasteiger partial charge >= 0.3 is 12.1 Å². The van der Waals surface area contributed by atoms with Gasteiger partial charge in [0, 0.05) is 11.8 Å². The van der Waals surface area contributed by atoms with Gasteiger partial charge in [0.25, 0.3) is 5.91 Å². The van der Waals surface area contributed by atoms with Crippen LogP contribution in [0.4, 0.5) is 18.9 Å². The van der Waals surface area contributed by atoms with Crippen molar-refractivity contribution in [3.8, 4) is 11.5 Å². The fourth-order valence-corrected chi connectivity index (χ4v) is 1.99. The molecule has 0 unspecified atom stereocenters. The molecule has 0 aliphatic heterocycles. The molecule has 0 saturated carbocycles. The monoisotopic (exact) mass is 383 g/mol. The molecule has 0 atom stereocenters. The number of carbonyl (C=O) groups is 2. The van der Waals surface area contributed by atoms with Gasteiger partial charge in [-0.25, -0.2) is 4.79 Å². The Morgan fingerprint density at radius 1 is 1.00 bits per heavy atom. The first kappa shape index (κ1) is 20.1. The summed E-state index contributed by atoms with van der Waals surface area (Å²) in [5.41, 5.74) is -0.443. The molecule has 0 fully saturated rings. The third kappa shape index (κ3) is 6.53. The van der Waals surface area contributed by atoms with E-state index in [1.165, 1.54) is 13.2 Å². The Morgan fingerprint density at radius 2 is 1.70 bits per heavy atom. The first-order valence-corrected chi connectivity index (χ1v) is 7.67. The van der Waals surface area contributed by atoms with Gasteiger partial charge in [-0.05, 0) is 30.3 Å². The van der Waals surface area contributed by atoms with Crippen molar-refractivity contribution in [2.24, 2.45) is 0 Å². The number of amides is 1. The summed E-state index contributed by atoms with van der Waals surface area (Å²) in [5, 5.41) is 2.51. The predicted molar refractivity (Wildman–Crippen MR) is 89.5 cm³/mol. The van der Waals surface area contributed by atoms with E-state index < -0.39 is 36.8 Å². The molecular weight excluding hydrogens is 367 g/mol. The maximum atomic E-state index is 12.6. The molecule has 0 aliphatic rings. The van der Waals surface area contributed by atoms with Crippen LogP contribution >= 0.6 is 0 Å². The van der Waals surface area contributed by atoms with Crippen LogP contribution in [-0.2, 0) is 20.5 Å². The molecule has 0 aliphatic carbocycles. The molecule has 9 heteroatoms. The zero-order valence-corrected chi connectivity index (χ0v) is 14.2. The molecule has 27 heavy (non-hydrogen) atoms. The normalized spacial score (nSPS) is 10.8. The van der Waals surface area contributed by atoms with Crippen LogP contribution in [0, 0.1) is 0 Å². The molecule has 0 radical (unpaired) electrons. The zero-order chi connectivity index (χ0) is 19.9. The number of methoxy groups -OCH3 is 1. The van der Waals surface area contributed by atoms with Gasteiger partial charge < -0.3 is 19.5 Å². The van der Waals surface area contributed by atoms with Crippen LogP contribution in [0.3, 0.4) is 0 Å². The van der Waals surface area contributed by atoms with Crippen LogP contribution in [0.15, 0.2) is 48.5 Å². The van der Waals surface area contributed by atoms with Crippen molar-refractivity contribution in [1.82, 2.24) is 0 Å². The van der Waals surface area contributed by atoms with E-state index in [1.54, 1.807) is 24.3 Å². The Morgan fingerprint density at radius 3 is 2.41 bits per heavy atom. The van der Waals surface area contributed by atoms with E-state index >= 15 is 0 Å². The Labute approximate surface area is 152 Å². The number of esters is 1. The van der Waals surface area contributed by atoms with Crippen LogP contribution in [0.1, 0.15) is 5.56 Å². The van der Waals surface area contributed by atoms with Crippen LogP contribution in [-0.4, -0.2) is 32.2 Å². The second-order valence-corrected chi connectivity index (χ2v) is 5.26. The third-order valence-electron chi connectivity index (χ3n) is 3.24. The summed E-state index contributed by atoms with van der Waals surface area (Å²) in [7, 11) is 1.48. The predicted octanol–water partition coefficient (Wildman–Crippen LogP) is 3.27. The number of rotatable bonds is 7. The number of carbonyl (C=O) groups excluding carboxylic acids is 2. The molecule has 0 bridgehead atoms. The molecule has 1 N–H and O–H groups in total. The highest BCUT2D eigenvalue weighted by molar-refractivity contribution is 5.93. The number of nitrogens with one attached hydrogen (secondary N) is 1. The number of benzene rings is 2. The number of anilines is 1. The lowest BCUT2D eigenvalue weighted by Gasteiger charge is -2.10. The third-order valence-corrected chi connectivity index (χ3v) is 3.24. The van der Waals surface area contributed by atoms with E-state index in [-0.39, 0.29) is 5.75 Å². The topological polar surface area (TPSA) is 73.9 Å². The highest BCUT2D eigenvalue weighted by atomic mass is 19.4. The van der Waals surface area contributed by atoms with Gasteiger partial charge in [0.2, 0.25) is 0 Å². The highest BCUT2D eigenvalue weighted by Gasteiger charge is 2.30. The van der Waals surface area contributed by atoms with Crippen LogP contribution in [0.25, 0.3) is 0 Å². The van der Waals surface area contributed by atoms with Crippen LogP contribution in [0.5, 0.6) is 11.5 Å². The lowest BCUT2D eigenvalue weighted by molar-refractivity contribution is -0.149. The number of hydrogen-bond donors (Lipinski definition) is 1. The number of hydrogen-bond acceptors (Lipinski definition) is 5. The SMILES string of the molecule is COc1cccc(NC(=O)COC(=O)COc2cccc(C(F)(F)F)c2)c1. The van der Waals surface area contributed by atoms with Gasteiger partial charge in [-0.15, -0.1) is 0 Å². The van der Waals surface area contributed by atoms with Gasteiger partial charge in [-0.1, -0.05) is 12.1 Å². The molecule has 1 amide bonds. The molecule has 2 aromatic carbocycles. The maximum absolute atomic E-state index is 12.6. The van der Waals surface area contributed by atoms with Crippen LogP contribution < -0.4 is 14.8 Å². The summed E-state index contributed by atoms with van der Waals surface area (Å²) >= 11 is 0. The largest absolute Gasteiger partial charge is 0.497 e. The molecule has 0 heterocycles. The molecule has 2 aromatic rings. The van der Waals surface area contributed by atoms with Gasteiger partial charge in [0.15, 0.2) is 13.2 Å². The van der Waals surface area contributed by atoms with E-state index in [1.807, 2.05) is 0 Å². The fraction of sp³-hybridized carbons (Fsp3) is 0.222. The molecule has 2 rings (SSSR count). The Hall–Kier alpha value is -3.23. The minimum atomic E-state index is -4.52. The lowest BCUT2D eigenvalue weighted by Crippen LogP contribution is -2.23. The van der Waals surface area contributed by atoms with Gasteiger partial charge in [-0.2, -0.15) is 13.2 Å². The van der Waals surface area contributed by atoms with Crippen molar-refractivity contribution in [3.05, 3.63) is 54.1 Å². The number of halogens is 3. The average molecular weight is 383 g/mol. The Kier molecular flexibility index (Phi) is 6.64. The molecule has 0 saturated heterocycles. The van der Waals surface area contributed by atoms with Gasteiger partial charge in [0.05, 0.1) is 12.7 Å². The summed E-state index contributed by atoms with van der Waals surface area (Å²) in [6.45, 7) is -1.20. The fourth-order valence-electron chi connectivity index (χ4n) is 1.99. The quantitative estimate of drug-likeness (QED) is 0.743. The Bertz CT molecular complexity index is 808. The van der Waals surface area contributed by atoms with Crippen molar-refractivity contribution < 1.29 is 37.0 Å². The van der Waals surface area contributed by atoms with E-state index in [4.69, 9.17) is 14.2 Å². The van der Waals surface area contributed by atoms with E-state index in [9.17, 15) is 22.8 Å². The van der Waals surface area contributed by atoms with Crippen molar-refractivity contribution in [3.63, 3.8) is 0 Å². The lowest BCUT2D eigenvalue weighted by atomic mass is 10.2. The Balaban J connectivity index is 1.78. The molecule has 6 nitrogen and oxygen atoms in total. The molecule has 0 aromatic heterocycles. The molecule has 144 valence electrons. The summed E-state index contributed by atoms with van der Waals surface area (Å²) in [5.74, 6) is -1.08. The maximum Gasteiger partial charge on any atom is 0.416 e. The minimum Gasteiger partial charge on any atom is -0.497 e. The average Bonchev–Trinajstić information content (AvgIpc) is 2.64. The standard InChI is InChI=1S/C18H16F3NO5/c1-25-14-6-3-5-13(9-14)22-16(23)10-27-17(24)11-26-15-7-2-4-12(8-15)18(19,20)21/h2-9H,10-11H2,1H3,(H,22,23). The second kappa shape index (κ2) is 8.93. The van der Waals surface area contributed by atoms with E-state index in [2.05, 4.69) is 5.32 Å². The minimum absolute atomic E-state index is 0.136. The zero-order valence-electron chi connectivity index (χ0n) is 14.2. The first-order chi connectivity index (χ1) is 12.8. The van der Waals surface area contributed by atoms with E-state index in [0.717, 1.165) is 18.2 Å². The van der Waals surface area contributed by atoms with Crippen molar-refractivity contribution in [1.29, 1.82) is 0 Å². The number of alkyl halides is 3.